The molecule has 2 unspecified atom stereocenters. The predicted molar refractivity (Wildman–Crippen MR) is 53.2 cm³/mol. The third kappa shape index (κ3) is 2.68. The third-order valence-electron chi connectivity index (χ3n) is 2.26. The molecule has 0 aromatic heterocycles. The zero-order chi connectivity index (χ0) is 8.27. The lowest BCUT2D eigenvalue weighted by Crippen LogP contribution is -2.15. The fourth-order valence-electron chi connectivity index (χ4n) is 1.66. The number of thioether (sulfide) groups is 1. The Labute approximate surface area is 74.5 Å². The highest BCUT2D eigenvalue weighted by Gasteiger charge is 2.26. The normalized spacial score (nSPS) is 33.0. The Bertz CT molecular complexity index is 116. The van der Waals surface area contributed by atoms with Crippen LogP contribution in [0.1, 0.15) is 20.3 Å². The van der Waals surface area contributed by atoms with Crippen LogP contribution in [0, 0.1) is 5.92 Å². The number of hydrogen-bond acceptors (Lipinski definition) is 2. The van der Waals surface area contributed by atoms with Crippen LogP contribution in [-0.2, 0) is 0 Å². The topological polar surface area (TPSA) is 3.24 Å². The predicted octanol–water partition coefficient (Wildman–Crippen LogP) is 2.08. The molecule has 0 aliphatic carbocycles. The standard InChI is InChI=1S/C9H19NS/c1-4-5-11-9-7-10(3)6-8(9)2/h8-9H,4-7H2,1-3H3. The summed E-state index contributed by atoms with van der Waals surface area (Å²) in [5, 5.41) is 0.903. The van der Waals surface area contributed by atoms with E-state index in [1.54, 1.807) is 0 Å². The van der Waals surface area contributed by atoms with E-state index in [-0.39, 0.29) is 0 Å². The quantitative estimate of drug-likeness (QED) is 0.643. The number of likely N-dealkylation sites (tertiary alicyclic amines) is 1. The molecule has 1 rings (SSSR count). The Morgan fingerprint density at radius 2 is 2.18 bits per heavy atom. The van der Waals surface area contributed by atoms with Gasteiger partial charge in [0.15, 0.2) is 0 Å². The Kier molecular flexibility index (Phi) is 3.73. The van der Waals surface area contributed by atoms with Crippen molar-refractivity contribution in [2.75, 3.05) is 25.9 Å². The van der Waals surface area contributed by atoms with E-state index in [9.17, 15) is 0 Å². The van der Waals surface area contributed by atoms with Crippen molar-refractivity contribution in [2.45, 2.75) is 25.5 Å². The summed E-state index contributed by atoms with van der Waals surface area (Å²) in [6.45, 7) is 7.22. The fourth-order valence-corrected chi connectivity index (χ4v) is 2.97. The zero-order valence-electron chi connectivity index (χ0n) is 7.84. The van der Waals surface area contributed by atoms with Crippen molar-refractivity contribution >= 4 is 11.8 Å². The van der Waals surface area contributed by atoms with Gasteiger partial charge in [-0.05, 0) is 25.1 Å². The summed E-state index contributed by atoms with van der Waals surface area (Å²) >= 11 is 2.15. The molecule has 2 heteroatoms. The van der Waals surface area contributed by atoms with Gasteiger partial charge in [-0.15, -0.1) is 0 Å². The Balaban J connectivity index is 2.23. The van der Waals surface area contributed by atoms with Gasteiger partial charge in [-0.2, -0.15) is 11.8 Å². The maximum Gasteiger partial charge on any atom is 0.0212 e. The first-order valence-electron chi connectivity index (χ1n) is 4.54. The molecule has 1 heterocycles. The summed E-state index contributed by atoms with van der Waals surface area (Å²) < 4.78 is 0. The van der Waals surface area contributed by atoms with Gasteiger partial charge in [-0.25, -0.2) is 0 Å². The summed E-state index contributed by atoms with van der Waals surface area (Å²) in [6.07, 6.45) is 1.32. The highest BCUT2D eigenvalue weighted by molar-refractivity contribution is 7.99. The van der Waals surface area contributed by atoms with E-state index in [1.807, 2.05) is 0 Å². The average molecular weight is 173 g/mol. The van der Waals surface area contributed by atoms with Crippen LogP contribution in [-0.4, -0.2) is 36.0 Å². The van der Waals surface area contributed by atoms with Crippen LogP contribution in [0.25, 0.3) is 0 Å². The van der Waals surface area contributed by atoms with E-state index in [0.717, 1.165) is 11.2 Å². The lowest BCUT2D eigenvalue weighted by molar-refractivity contribution is 0.402. The van der Waals surface area contributed by atoms with Gasteiger partial charge < -0.3 is 4.90 Å². The van der Waals surface area contributed by atoms with Crippen LogP contribution >= 0.6 is 11.8 Å². The second-order valence-corrected chi connectivity index (χ2v) is 4.95. The molecule has 0 spiro atoms. The van der Waals surface area contributed by atoms with Gasteiger partial charge in [0, 0.05) is 18.3 Å². The first-order valence-corrected chi connectivity index (χ1v) is 5.59. The molecule has 0 amide bonds. The minimum absolute atomic E-state index is 0.900. The Morgan fingerprint density at radius 3 is 2.64 bits per heavy atom. The SMILES string of the molecule is CCCSC1CN(C)CC1C. The first kappa shape index (κ1) is 9.40. The van der Waals surface area contributed by atoms with Gasteiger partial charge in [-0.1, -0.05) is 13.8 Å². The van der Waals surface area contributed by atoms with Crippen LogP contribution in [0.5, 0.6) is 0 Å². The number of hydrogen-bond donors (Lipinski definition) is 0. The van der Waals surface area contributed by atoms with Gasteiger partial charge in [0.2, 0.25) is 0 Å². The van der Waals surface area contributed by atoms with E-state index in [2.05, 4.69) is 37.6 Å². The summed E-state index contributed by atoms with van der Waals surface area (Å²) in [5.41, 5.74) is 0. The van der Waals surface area contributed by atoms with Gasteiger partial charge >= 0.3 is 0 Å². The van der Waals surface area contributed by atoms with Crippen LogP contribution in [0.4, 0.5) is 0 Å². The van der Waals surface area contributed by atoms with Gasteiger partial charge in [0.05, 0.1) is 0 Å². The van der Waals surface area contributed by atoms with E-state index in [1.165, 1.54) is 25.3 Å². The highest BCUT2D eigenvalue weighted by atomic mass is 32.2. The molecule has 11 heavy (non-hydrogen) atoms. The molecule has 1 aliphatic rings. The maximum absolute atomic E-state index is 2.44. The molecule has 1 aliphatic heterocycles. The third-order valence-corrected chi connectivity index (χ3v) is 3.95. The molecule has 0 N–H and O–H groups in total. The van der Waals surface area contributed by atoms with Crippen LogP contribution in [0.15, 0.2) is 0 Å². The molecule has 1 nitrogen and oxygen atoms in total. The van der Waals surface area contributed by atoms with Gasteiger partial charge in [-0.3, -0.25) is 0 Å². The largest absolute Gasteiger partial charge is 0.305 e. The van der Waals surface area contributed by atoms with Crippen molar-refractivity contribution in [2.24, 2.45) is 5.92 Å². The van der Waals surface area contributed by atoms with E-state index >= 15 is 0 Å². The lowest BCUT2D eigenvalue weighted by Gasteiger charge is -2.12. The minimum Gasteiger partial charge on any atom is -0.305 e. The molecule has 2 atom stereocenters. The molecule has 0 radical (unpaired) electrons. The number of rotatable bonds is 3. The lowest BCUT2D eigenvalue weighted by atomic mass is 10.1. The highest BCUT2D eigenvalue weighted by Crippen LogP contribution is 2.26. The molecule has 0 aromatic carbocycles. The Morgan fingerprint density at radius 1 is 1.45 bits per heavy atom. The van der Waals surface area contributed by atoms with E-state index in [4.69, 9.17) is 0 Å². The summed E-state index contributed by atoms with van der Waals surface area (Å²) in [6, 6.07) is 0. The van der Waals surface area contributed by atoms with Gasteiger partial charge in [0.1, 0.15) is 0 Å². The summed E-state index contributed by atoms with van der Waals surface area (Å²) in [5.74, 6) is 2.24. The van der Waals surface area contributed by atoms with Crippen molar-refractivity contribution in [3.63, 3.8) is 0 Å². The zero-order valence-corrected chi connectivity index (χ0v) is 8.66. The smallest absolute Gasteiger partial charge is 0.0212 e. The maximum atomic E-state index is 2.44. The molecular formula is C9H19NS. The van der Waals surface area contributed by atoms with Crippen molar-refractivity contribution in [1.29, 1.82) is 0 Å². The molecule has 0 aromatic rings. The minimum atomic E-state index is 0.900. The van der Waals surface area contributed by atoms with Crippen LogP contribution in [0.3, 0.4) is 0 Å². The van der Waals surface area contributed by atoms with Crippen LogP contribution < -0.4 is 0 Å². The summed E-state index contributed by atoms with van der Waals surface area (Å²) in [7, 11) is 2.23. The molecule has 0 saturated carbocycles. The van der Waals surface area contributed by atoms with Crippen molar-refractivity contribution < 1.29 is 0 Å². The van der Waals surface area contributed by atoms with E-state index in [0.29, 0.717) is 0 Å². The molecule has 0 bridgehead atoms. The molecule has 1 fully saturated rings. The molecular weight excluding hydrogens is 154 g/mol. The second-order valence-electron chi connectivity index (χ2n) is 3.61. The van der Waals surface area contributed by atoms with Gasteiger partial charge in [0.25, 0.3) is 0 Å². The van der Waals surface area contributed by atoms with Crippen molar-refractivity contribution in [3.8, 4) is 0 Å². The second kappa shape index (κ2) is 4.36. The van der Waals surface area contributed by atoms with Crippen molar-refractivity contribution in [3.05, 3.63) is 0 Å². The summed E-state index contributed by atoms with van der Waals surface area (Å²) in [4.78, 5) is 2.44. The molecule has 66 valence electrons. The monoisotopic (exact) mass is 173 g/mol. The first-order chi connectivity index (χ1) is 5.24. The Hall–Kier alpha value is 0.310. The van der Waals surface area contributed by atoms with E-state index < -0.39 is 0 Å². The van der Waals surface area contributed by atoms with Crippen molar-refractivity contribution in [1.82, 2.24) is 4.90 Å². The molecule has 1 saturated heterocycles. The average Bonchev–Trinajstić information content (AvgIpc) is 2.26. The number of nitrogens with zero attached hydrogens (tertiary/aromatic N) is 1. The van der Waals surface area contributed by atoms with Crippen LogP contribution in [0.2, 0.25) is 0 Å². The fraction of sp³-hybridized carbons (Fsp3) is 1.00.